The van der Waals surface area contributed by atoms with Crippen molar-refractivity contribution in [1.82, 2.24) is 0 Å². The minimum atomic E-state index is 0. The molecule has 222 valence electrons. The van der Waals surface area contributed by atoms with Gasteiger partial charge in [-0.05, 0) is 23.5 Å². The van der Waals surface area contributed by atoms with Crippen LogP contribution in [0.4, 0.5) is 0 Å². The zero-order valence-corrected chi connectivity index (χ0v) is 30.3. The molecule has 0 saturated heterocycles. The van der Waals surface area contributed by atoms with Gasteiger partial charge in [0, 0.05) is 0 Å². The van der Waals surface area contributed by atoms with Gasteiger partial charge in [0.15, 0.2) is 0 Å². The number of aryl methyl sites for hydroxylation is 2. The Morgan fingerprint density at radius 3 is 1.86 bits per heavy atom. The van der Waals surface area contributed by atoms with E-state index in [0.29, 0.717) is 5.92 Å². The fourth-order valence-corrected chi connectivity index (χ4v) is 5.56. The Morgan fingerprint density at radius 2 is 1.28 bits per heavy atom. The van der Waals surface area contributed by atoms with E-state index in [1.165, 1.54) is 110 Å². The molecule has 0 fully saturated rings. The van der Waals surface area contributed by atoms with E-state index in [-0.39, 0.29) is 14.9 Å². The van der Waals surface area contributed by atoms with Gasteiger partial charge in [-0.1, -0.05) is 131 Å². The average Bonchev–Trinajstić information content (AvgIpc) is 3.65. The Balaban J connectivity index is 0.000000274. The molecule has 0 spiro atoms. The second-order valence-corrected chi connectivity index (χ2v) is 11.1. The number of unbranched alkanes of at least 4 members (excludes halogenated alkanes) is 2. The maximum atomic E-state index is 3.06. The second kappa shape index (κ2) is 18.1. The fraction of sp³-hybridized carbons (Fsp3) is 0.220. The maximum absolute atomic E-state index is 3.06. The van der Waals surface area contributed by atoms with Crippen LogP contribution >= 0.6 is 0 Å². The molecule has 43 heavy (non-hydrogen) atoms. The third kappa shape index (κ3) is 9.10. The molecule has 0 heterocycles. The molecule has 0 nitrogen and oxygen atoms in total. The Labute approximate surface area is 278 Å². The van der Waals surface area contributed by atoms with E-state index >= 15 is 0 Å². The van der Waals surface area contributed by atoms with Crippen molar-refractivity contribution in [1.29, 1.82) is 0 Å². The first-order chi connectivity index (χ1) is 20.0. The van der Waals surface area contributed by atoms with Gasteiger partial charge in [-0.15, -0.1) is 68.6 Å². The summed E-state index contributed by atoms with van der Waals surface area (Å²) in [6.45, 7) is 12.0. The predicted molar refractivity (Wildman–Crippen MR) is 191 cm³/mol. The molecular weight excluding hydrogens is 612 g/mol. The molecule has 6 aromatic carbocycles. The summed E-state index contributed by atoms with van der Waals surface area (Å²) in [4.78, 5) is 0. The summed E-state index contributed by atoms with van der Waals surface area (Å²) in [7, 11) is 0. The van der Waals surface area contributed by atoms with E-state index in [1.807, 2.05) is 0 Å². The summed E-state index contributed by atoms with van der Waals surface area (Å²) in [6, 6.07) is 41.9. The van der Waals surface area contributed by atoms with Gasteiger partial charge in [-0.2, -0.15) is 12.1 Å². The van der Waals surface area contributed by atoms with E-state index in [9.17, 15) is 0 Å². The van der Waals surface area contributed by atoms with Crippen molar-refractivity contribution in [3.05, 3.63) is 147 Å². The molecule has 0 unspecified atom stereocenters. The molecule has 0 atom stereocenters. The van der Waals surface area contributed by atoms with Crippen LogP contribution in [0, 0.1) is 21.8 Å². The van der Waals surface area contributed by atoms with Crippen LogP contribution < -0.4 is 0 Å². The van der Waals surface area contributed by atoms with Gasteiger partial charge in [-0.25, -0.2) is 0 Å². The number of rotatable bonds is 7. The fourth-order valence-electron chi connectivity index (χ4n) is 5.56. The molecule has 0 aromatic heterocycles. The Bertz CT molecular complexity index is 1650. The van der Waals surface area contributed by atoms with E-state index in [2.05, 4.69) is 150 Å². The Hall–Kier alpha value is -2.80. The van der Waals surface area contributed by atoms with Crippen molar-refractivity contribution in [2.45, 2.75) is 59.3 Å². The van der Waals surface area contributed by atoms with Crippen LogP contribution in [0.15, 0.2) is 115 Å². The molecule has 0 N–H and O–H groups in total. The monoisotopic (exact) mass is 656 g/mol. The number of benzene rings is 4. The molecule has 2 heteroatoms. The van der Waals surface area contributed by atoms with E-state index in [1.54, 1.807) is 0 Å². The van der Waals surface area contributed by atoms with Crippen molar-refractivity contribution in [3.8, 4) is 22.3 Å². The quantitative estimate of drug-likeness (QED) is 0.0910. The van der Waals surface area contributed by atoms with Crippen molar-refractivity contribution >= 4 is 28.4 Å². The summed E-state index contributed by atoms with van der Waals surface area (Å²) in [6.07, 6.45) is 5.11. The van der Waals surface area contributed by atoms with Crippen LogP contribution in [0.5, 0.6) is 0 Å². The van der Waals surface area contributed by atoms with Crippen molar-refractivity contribution in [2.24, 2.45) is 0 Å². The number of hydrogen-bond acceptors (Lipinski definition) is 0. The topological polar surface area (TPSA) is 0 Å². The zero-order chi connectivity index (χ0) is 29.2. The first kappa shape index (κ1) is 36.4. The third-order valence-electron chi connectivity index (χ3n) is 7.84. The van der Waals surface area contributed by atoms with Gasteiger partial charge in [0.25, 0.3) is 0 Å². The van der Waals surface area contributed by atoms with E-state index < -0.39 is 0 Å². The Kier molecular flexibility index (Phi) is 15.3. The van der Waals surface area contributed by atoms with Gasteiger partial charge < -0.3 is 14.9 Å². The number of hydrogen-bond donors (Lipinski definition) is 0. The van der Waals surface area contributed by atoms with Gasteiger partial charge in [0.2, 0.25) is 0 Å². The molecule has 0 aliphatic carbocycles. The number of fused-ring (bicyclic) bond motifs is 2. The SMILES string of the molecule is CC(C)c1cc2c(-c3ccccc3)cccc2[cH-]1.CCCCCc1cc2c(-c3ccccc3)ccc(C)c2[cH-]1.[CH3-].[CH3-].[Si]=[Zr]. The summed E-state index contributed by atoms with van der Waals surface area (Å²) in [5.41, 5.74) is 9.60. The molecular formula is C41H46SiZr-4. The normalized spacial score (nSPS) is 10.2. The zero-order valence-electron chi connectivity index (χ0n) is 26.9. The summed E-state index contributed by atoms with van der Waals surface area (Å²) < 4.78 is 0. The van der Waals surface area contributed by atoms with Crippen LogP contribution in [0.3, 0.4) is 0 Å². The van der Waals surface area contributed by atoms with Gasteiger partial charge >= 0.3 is 30.2 Å². The summed E-state index contributed by atoms with van der Waals surface area (Å²) in [5.74, 6) is 0.584. The molecule has 6 rings (SSSR count). The van der Waals surface area contributed by atoms with Crippen LogP contribution in [0.25, 0.3) is 43.8 Å². The predicted octanol–water partition coefficient (Wildman–Crippen LogP) is 12.1. The van der Waals surface area contributed by atoms with Crippen LogP contribution in [-0.4, -0.2) is 6.88 Å². The molecule has 2 radical (unpaired) electrons. The molecule has 0 saturated carbocycles. The van der Waals surface area contributed by atoms with Crippen LogP contribution in [0.2, 0.25) is 0 Å². The van der Waals surface area contributed by atoms with Crippen LogP contribution in [-0.2, 0) is 29.8 Å². The minimum absolute atomic E-state index is 0. The average molecular weight is 658 g/mol. The standard InChI is InChI=1S/C21H23.C18H17.2CH3.Si.Zr/c1-3-4-6-9-17-14-20-16(2)12-13-19(21(20)15-17)18-10-7-5-8-11-18;1-13(2)16-11-15-9-6-10-17(18(15)12-16)14-7-4-3-5-8-14;;;;/h5,7-8,10-15H,3-4,6,9H2,1-2H3;3-13H,1-2H3;2*1H3;;/q4*-1;;. The van der Waals surface area contributed by atoms with Crippen molar-refractivity contribution in [2.75, 3.05) is 0 Å². The van der Waals surface area contributed by atoms with E-state index in [4.69, 9.17) is 0 Å². The Morgan fingerprint density at radius 1 is 0.674 bits per heavy atom. The van der Waals surface area contributed by atoms with Crippen molar-refractivity contribution < 1.29 is 23.3 Å². The molecule has 6 aromatic rings. The first-order valence-electron chi connectivity index (χ1n) is 14.8. The van der Waals surface area contributed by atoms with Gasteiger partial charge in [0.1, 0.15) is 0 Å². The van der Waals surface area contributed by atoms with Gasteiger partial charge in [0.05, 0.1) is 0 Å². The molecule has 0 aliphatic heterocycles. The molecule has 0 bridgehead atoms. The third-order valence-corrected chi connectivity index (χ3v) is 7.84. The first-order valence-corrected chi connectivity index (χ1v) is 19.0. The van der Waals surface area contributed by atoms with Gasteiger partial charge in [-0.3, -0.25) is 0 Å². The molecule has 0 amide bonds. The summed E-state index contributed by atoms with van der Waals surface area (Å²) in [5, 5.41) is 5.54. The van der Waals surface area contributed by atoms with Crippen LogP contribution in [0.1, 0.15) is 62.6 Å². The summed E-state index contributed by atoms with van der Waals surface area (Å²) >= 11 is 1.36. The molecule has 0 aliphatic rings. The van der Waals surface area contributed by atoms with Crippen molar-refractivity contribution in [3.63, 3.8) is 0 Å². The van der Waals surface area contributed by atoms with E-state index in [0.717, 1.165) is 0 Å². The second-order valence-electron chi connectivity index (χ2n) is 11.1.